The van der Waals surface area contributed by atoms with E-state index in [4.69, 9.17) is 5.26 Å². The van der Waals surface area contributed by atoms with Gasteiger partial charge in [0, 0.05) is 6.54 Å². The molecule has 0 aliphatic carbocycles. The van der Waals surface area contributed by atoms with Gasteiger partial charge in [0.25, 0.3) is 0 Å². The topological polar surface area (TPSA) is 102 Å². The minimum atomic E-state index is -3.28. The molecule has 2 atom stereocenters. The van der Waals surface area contributed by atoms with E-state index in [1.165, 1.54) is 10.4 Å². The molecule has 2 rings (SSSR count). The predicted octanol–water partition coefficient (Wildman–Crippen LogP) is 0.534. The quantitative estimate of drug-likeness (QED) is 0.844. The van der Waals surface area contributed by atoms with Gasteiger partial charge >= 0.3 is 0 Å². The van der Waals surface area contributed by atoms with Crippen molar-refractivity contribution in [1.29, 1.82) is 5.26 Å². The molecule has 1 aliphatic rings. The van der Waals surface area contributed by atoms with Crippen LogP contribution < -0.4 is 4.31 Å². The highest BCUT2D eigenvalue weighted by Gasteiger charge is 2.29. The van der Waals surface area contributed by atoms with Crippen LogP contribution in [0.5, 0.6) is 0 Å². The third-order valence-electron chi connectivity index (χ3n) is 3.26. The lowest BCUT2D eigenvalue weighted by atomic mass is 10.0. The van der Waals surface area contributed by atoms with E-state index in [1.54, 1.807) is 24.3 Å². The van der Waals surface area contributed by atoms with E-state index in [9.17, 15) is 18.6 Å². The fourth-order valence-corrected chi connectivity index (χ4v) is 3.78. The molecule has 1 aliphatic heterocycles. The van der Waals surface area contributed by atoms with Crippen LogP contribution in [0.1, 0.15) is 24.5 Å². The zero-order valence-electron chi connectivity index (χ0n) is 10.8. The van der Waals surface area contributed by atoms with E-state index in [0.717, 1.165) is 0 Å². The fourth-order valence-electron chi connectivity index (χ4n) is 2.22. The van der Waals surface area contributed by atoms with Crippen molar-refractivity contribution >= 4 is 15.7 Å². The Labute approximate surface area is 117 Å². The number of rotatable bonds is 4. The summed E-state index contributed by atoms with van der Waals surface area (Å²) in [6.07, 6.45) is -2.01. The molecule has 6 nitrogen and oxygen atoms in total. The average Bonchev–Trinajstić information content (AvgIpc) is 2.78. The SMILES string of the molecule is N#CCC(O)C(O)c1cccc(N2CCCS2(=O)=O)c1. The molecule has 0 spiro atoms. The molecule has 0 bridgehead atoms. The van der Waals surface area contributed by atoms with Gasteiger partial charge in [0.05, 0.1) is 30.0 Å². The summed E-state index contributed by atoms with van der Waals surface area (Å²) in [6, 6.07) is 8.19. The number of nitriles is 1. The highest BCUT2D eigenvalue weighted by molar-refractivity contribution is 7.93. The zero-order chi connectivity index (χ0) is 14.8. The molecule has 0 radical (unpaired) electrons. The van der Waals surface area contributed by atoms with Crippen molar-refractivity contribution in [2.45, 2.75) is 25.0 Å². The maximum Gasteiger partial charge on any atom is 0.235 e. The van der Waals surface area contributed by atoms with Crippen LogP contribution in [0.4, 0.5) is 5.69 Å². The smallest absolute Gasteiger partial charge is 0.235 e. The monoisotopic (exact) mass is 296 g/mol. The van der Waals surface area contributed by atoms with Crippen molar-refractivity contribution in [2.24, 2.45) is 0 Å². The number of aliphatic hydroxyl groups excluding tert-OH is 2. The number of hydrogen-bond donors (Lipinski definition) is 2. The maximum atomic E-state index is 11.9. The van der Waals surface area contributed by atoms with Crippen molar-refractivity contribution in [1.82, 2.24) is 0 Å². The summed E-state index contributed by atoms with van der Waals surface area (Å²) < 4.78 is 25.0. The molecule has 7 heteroatoms. The first kappa shape index (κ1) is 14.8. The highest BCUT2D eigenvalue weighted by atomic mass is 32.2. The second-order valence-corrected chi connectivity index (χ2v) is 6.72. The summed E-state index contributed by atoms with van der Waals surface area (Å²) in [4.78, 5) is 0. The van der Waals surface area contributed by atoms with Crippen LogP contribution in [-0.2, 0) is 10.0 Å². The maximum absolute atomic E-state index is 11.9. The summed E-state index contributed by atoms with van der Waals surface area (Å²) in [5.74, 6) is 0.122. The standard InChI is InChI=1S/C13H16N2O4S/c14-6-5-12(16)13(17)10-3-1-4-11(9-10)15-7-2-8-20(15,18)19/h1,3-4,9,12-13,16-17H,2,5,7-8H2. The van der Waals surface area contributed by atoms with Crippen LogP contribution in [0.2, 0.25) is 0 Å². The molecule has 1 saturated heterocycles. The van der Waals surface area contributed by atoms with Gasteiger partial charge in [-0.05, 0) is 24.1 Å². The Morgan fingerprint density at radius 2 is 2.15 bits per heavy atom. The van der Waals surface area contributed by atoms with Gasteiger partial charge in [0.15, 0.2) is 0 Å². The molecule has 1 fully saturated rings. The number of benzene rings is 1. The zero-order valence-corrected chi connectivity index (χ0v) is 11.6. The number of hydrogen-bond acceptors (Lipinski definition) is 5. The summed E-state index contributed by atoms with van der Waals surface area (Å²) >= 11 is 0. The number of nitrogens with zero attached hydrogens (tertiary/aromatic N) is 2. The van der Waals surface area contributed by atoms with Crippen LogP contribution in [0.25, 0.3) is 0 Å². The van der Waals surface area contributed by atoms with Gasteiger partial charge in [-0.25, -0.2) is 8.42 Å². The van der Waals surface area contributed by atoms with E-state index < -0.39 is 22.2 Å². The second-order valence-electron chi connectivity index (χ2n) is 4.71. The lowest BCUT2D eigenvalue weighted by molar-refractivity contribution is 0.0216. The van der Waals surface area contributed by atoms with E-state index in [-0.39, 0.29) is 12.2 Å². The summed E-state index contributed by atoms with van der Waals surface area (Å²) in [5.41, 5.74) is 0.871. The fraction of sp³-hybridized carbons (Fsp3) is 0.462. The first-order valence-corrected chi connectivity index (χ1v) is 7.90. The molecule has 20 heavy (non-hydrogen) atoms. The van der Waals surface area contributed by atoms with Crippen molar-refractivity contribution in [2.75, 3.05) is 16.6 Å². The average molecular weight is 296 g/mol. The second kappa shape index (κ2) is 5.79. The van der Waals surface area contributed by atoms with Crippen LogP contribution >= 0.6 is 0 Å². The Bertz CT molecular complexity index is 624. The van der Waals surface area contributed by atoms with Gasteiger partial charge in [-0.2, -0.15) is 5.26 Å². The molecule has 0 saturated carbocycles. The Balaban J connectivity index is 2.27. The van der Waals surface area contributed by atoms with Crippen LogP contribution in [0, 0.1) is 11.3 Å². The molecule has 108 valence electrons. The third kappa shape index (κ3) is 2.93. The summed E-state index contributed by atoms with van der Waals surface area (Å²) in [5, 5.41) is 28.1. The van der Waals surface area contributed by atoms with Crippen molar-refractivity contribution < 1.29 is 18.6 Å². The highest BCUT2D eigenvalue weighted by Crippen LogP contribution is 2.28. The first-order valence-electron chi connectivity index (χ1n) is 6.29. The lowest BCUT2D eigenvalue weighted by Crippen LogP contribution is -2.25. The van der Waals surface area contributed by atoms with Gasteiger partial charge < -0.3 is 10.2 Å². The largest absolute Gasteiger partial charge is 0.389 e. The van der Waals surface area contributed by atoms with E-state index >= 15 is 0 Å². The van der Waals surface area contributed by atoms with Crippen LogP contribution in [0.15, 0.2) is 24.3 Å². The van der Waals surface area contributed by atoms with Crippen molar-refractivity contribution in [3.8, 4) is 6.07 Å². The van der Waals surface area contributed by atoms with Crippen LogP contribution in [0.3, 0.4) is 0 Å². The molecule has 2 unspecified atom stereocenters. The molecule has 1 heterocycles. The summed E-state index contributed by atoms with van der Waals surface area (Å²) in [7, 11) is -3.28. The van der Waals surface area contributed by atoms with Crippen molar-refractivity contribution in [3.05, 3.63) is 29.8 Å². The van der Waals surface area contributed by atoms with E-state index in [0.29, 0.717) is 24.2 Å². The first-order chi connectivity index (χ1) is 9.45. The Hall–Kier alpha value is -1.62. The normalized spacial score (nSPS) is 20.4. The number of aliphatic hydroxyl groups is 2. The van der Waals surface area contributed by atoms with Gasteiger partial charge in [0.2, 0.25) is 10.0 Å². The Morgan fingerprint density at radius 3 is 2.75 bits per heavy atom. The minimum Gasteiger partial charge on any atom is -0.389 e. The van der Waals surface area contributed by atoms with Crippen molar-refractivity contribution in [3.63, 3.8) is 0 Å². The molecule has 1 aromatic rings. The van der Waals surface area contributed by atoms with Gasteiger partial charge in [-0.3, -0.25) is 4.31 Å². The van der Waals surface area contributed by atoms with E-state index in [1.807, 2.05) is 0 Å². The number of anilines is 1. The van der Waals surface area contributed by atoms with Gasteiger partial charge in [-0.15, -0.1) is 0 Å². The summed E-state index contributed by atoms with van der Waals surface area (Å²) in [6.45, 7) is 0.419. The third-order valence-corrected chi connectivity index (χ3v) is 5.13. The van der Waals surface area contributed by atoms with E-state index in [2.05, 4.69) is 0 Å². The minimum absolute atomic E-state index is 0.122. The lowest BCUT2D eigenvalue weighted by Gasteiger charge is -2.20. The Kier molecular flexibility index (Phi) is 4.28. The molecule has 0 amide bonds. The molecular formula is C13H16N2O4S. The van der Waals surface area contributed by atoms with Gasteiger partial charge in [0.1, 0.15) is 6.10 Å². The molecule has 2 N–H and O–H groups in total. The van der Waals surface area contributed by atoms with Gasteiger partial charge in [-0.1, -0.05) is 12.1 Å². The predicted molar refractivity (Wildman–Crippen MR) is 73.4 cm³/mol. The Morgan fingerprint density at radius 1 is 1.40 bits per heavy atom. The van der Waals surface area contributed by atoms with Crippen LogP contribution in [-0.4, -0.2) is 37.0 Å². The molecule has 1 aromatic carbocycles. The number of sulfonamides is 1. The molecular weight excluding hydrogens is 280 g/mol. The molecule has 0 aromatic heterocycles.